The zero-order chi connectivity index (χ0) is 16.3. The molecule has 2 aromatic rings. The summed E-state index contributed by atoms with van der Waals surface area (Å²) in [6, 6.07) is 8.81. The number of halogens is 1. The number of carbonyl (C=O) groups excluding carboxylic acids is 1. The Morgan fingerprint density at radius 2 is 1.64 bits per heavy atom. The molecule has 0 bridgehead atoms. The fraction of sp³-hybridized carbons (Fsp3) is 0.125. The number of anilines is 1. The summed E-state index contributed by atoms with van der Waals surface area (Å²) in [7, 11) is 0. The molecular formula is C16H14FNO4. The van der Waals surface area contributed by atoms with Crippen LogP contribution < -0.4 is 10.1 Å². The van der Waals surface area contributed by atoms with E-state index < -0.39 is 11.9 Å². The molecule has 2 N–H and O–H groups in total. The highest BCUT2D eigenvalue weighted by molar-refractivity contribution is 6.36. The number of amides is 1. The Morgan fingerprint density at radius 1 is 1.09 bits per heavy atom. The molecule has 0 radical (unpaired) electrons. The van der Waals surface area contributed by atoms with Crippen molar-refractivity contribution in [3.05, 3.63) is 53.3 Å². The minimum absolute atomic E-state index is 0.354. The summed E-state index contributed by atoms with van der Waals surface area (Å²) in [6.45, 7) is 3.53. The van der Waals surface area contributed by atoms with Gasteiger partial charge in [0.1, 0.15) is 17.3 Å². The largest absolute Gasteiger partial charge is 0.474 e. The summed E-state index contributed by atoms with van der Waals surface area (Å²) < 4.78 is 18.6. The molecule has 0 aromatic heterocycles. The van der Waals surface area contributed by atoms with Crippen molar-refractivity contribution in [2.45, 2.75) is 13.8 Å². The zero-order valence-corrected chi connectivity index (χ0v) is 12.0. The van der Waals surface area contributed by atoms with Crippen LogP contribution in [0.1, 0.15) is 11.1 Å². The van der Waals surface area contributed by atoms with Gasteiger partial charge in [-0.1, -0.05) is 0 Å². The molecule has 0 atom stereocenters. The standard InChI is InChI=1S/C16H14FNO4/c1-9-7-12(18-15(19)16(20)21)8-10(2)14(9)22-13-5-3-11(17)4-6-13/h3-8H,1-2H3,(H,18,19)(H,20,21). The molecule has 2 rings (SSSR count). The number of carboxylic acids is 1. The first-order valence-corrected chi connectivity index (χ1v) is 6.46. The van der Waals surface area contributed by atoms with Gasteiger partial charge in [-0.05, 0) is 61.4 Å². The van der Waals surface area contributed by atoms with Crippen molar-refractivity contribution in [2.75, 3.05) is 5.32 Å². The van der Waals surface area contributed by atoms with Crippen molar-refractivity contribution >= 4 is 17.6 Å². The molecule has 22 heavy (non-hydrogen) atoms. The molecule has 1 amide bonds. The monoisotopic (exact) mass is 303 g/mol. The van der Waals surface area contributed by atoms with Crippen LogP contribution in [0, 0.1) is 19.7 Å². The number of carboxylic acid groups (broad SMARTS) is 1. The molecule has 0 heterocycles. The smallest absolute Gasteiger partial charge is 0.394 e. The second-order valence-electron chi connectivity index (χ2n) is 4.75. The molecule has 0 spiro atoms. The molecule has 6 heteroatoms. The number of nitrogens with one attached hydrogen (secondary N) is 1. The molecule has 0 unspecified atom stereocenters. The quantitative estimate of drug-likeness (QED) is 0.853. The topological polar surface area (TPSA) is 75.6 Å². The lowest BCUT2D eigenvalue weighted by Gasteiger charge is -2.14. The van der Waals surface area contributed by atoms with Crippen LogP contribution in [-0.4, -0.2) is 17.0 Å². The number of benzene rings is 2. The first kappa shape index (κ1) is 15.5. The second kappa shape index (κ2) is 6.26. The molecule has 0 saturated heterocycles. The first-order chi connectivity index (χ1) is 10.4. The van der Waals surface area contributed by atoms with Crippen LogP contribution in [0.3, 0.4) is 0 Å². The van der Waals surface area contributed by atoms with Crippen LogP contribution in [0.2, 0.25) is 0 Å². The van der Waals surface area contributed by atoms with E-state index in [-0.39, 0.29) is 5.82 Å². The minimum atomic E-state index is -1.55. The van der Waals surface area contributed by atoms with Crippen molar-refractivity contribution in [2.24, 2.45) is 0 Å². The van der Waals surface area contributed by atoms with Gasteiger partial charge >= 0.3 is 11.9 Å². The SMILES string of the molecule is Cc1cc(NC(=O)C(=O)O)cc(C)c1Oc1ccc(F)cc1. The van der Waals surface area contributed by atoms with Gasteiger partial charge in [0.2, 0.25) is 0 Å². The van der Waals surface area contributed by atoms with Crippen LogP contribution in [0.25, 0.3) is 0 Å². The average molecular weight is 303 g/mol. The van der Waals surface area contributed by atoms with E-state index in [0.29, 0.717) is 28.3 Å². The van der Waals surface area contributed by atoms with Gasteiger partial charge in [-0.25, -0.2) is 9.18 Å². The van der Waals surface area contributed by atoms with Gasteiger partial charge in [-0.3, -0.25) is 4.79 Å². The summed E-state index contributed by atoms with van der Waals surface area (Å²) in [5, 5.41) is 10.9. The molecule has 0 fully saturated rings. The van der Waals surface area contributed by atoms with E-state index in [4.69, 9.17) is 9.84 Å². The summed E-state index contributed by atoms with van der Waals surface area (Å²) in [4.78, 5) is 21.7. The fourth-order valence-electron chi connectivity index (χ4n) is 1.99. The molecule has 0 aliphatic rings. The summed E-state index contributed by atoms with van der Waals surface area (Å²) >= 11 is 0. The van der Waals surface area contributed by atoms with E-state index in [2.05, 4.69) is 5.32 Å². The van der Waals surface area contributed by atoms with Gasteiger partial charge in [0.05, 0.1) is 0 Å². The van der Waals surface area contributed by atoms with Crippen molar-refractivity contribution in [3.63, 3.8) is 0 Å². The Kier molecular flexibility index (Phi) is 4.41. The zero-order valence-electron chi connectivity index (χ0n) is 12.0. The summed E-state index contributed by atoms with van der Waals surface area (Å²) in [6.07, 6.45) is 0. The van der Waals surface area contributed by atoms with Gasteiger partial charge in [0, 0.05) is 5.69 Å². The number of carbonyl (C=O) groups is 2. The summed E-state index contributed by atoms with van der Waals surface area (Å²) in [5.41, 5.74) is 1.80. The van der Waals surface area contributed by atoms with E-state index in [1.165, 1.54) is 24.3 Å². The fourth-order valence-corrected chi connectivity index (χ4v) is 1.99. The predicted molar refractivity (Wildman–Crippen MR) is 78.7 cm³/mol. The third-order valence-electron chi connectivity index (χ3n) is 2.95. The van der Waals surface area contributed by atoms with Gasteiger partial charge in [-0.2, -0.15) is 0 Å². The van der Waals surface area contributed by atoms with Gasteiger partial charge < -0.3 is 15.2 Å². The Bertz CT molecular complexity index is 702. The summed E-state index contributed by atoms with van der Waals surface area (Å²) in [5.74, 6) is -1.96. The van der Waals surface area contributed by atoms with E-state index in [9.17, 15) is 14.0 Å². The number of hydrogen-bond donors (Lipinski definition) is 2. The van der Waals surface area contributed by atoms with E-state index in [0.717, 1.165) is 0 Å². The lowest BCUT2D eigenvalue weighted by molar-refractivity contribution is -0.147. The Morgan fingerprint density at radius 3 is 2.14 bits per heavy atom. The van der Waals surface area contributed by atoms with Crippen molar-refractivity contribution in [1.29, 1.82) is 0 Å². The Balaban J connectivity index is 2.25. The highest BCUT2D eigenvalue weighted by Crippen LogP contribution is 2.31. The molecule has 2 aromatic carbocycles. The van der Waals surface area contributed by atoms with Crippen LogP contribution in [0.15, 0.2) is 36.4 Å². The van der Waals surface area contributed by atoms with E-state index >= 15 is 0 Å². The van der Waals surface area contributed by atoms with E-state index in [1.807, 2.05) is 0 Å². The maximum absolute atomic E-state index is 12.9. The molecular weight excluding hydrogens is 289 g/mol. The van der Waals surface area contributed by atoms with Crippen molar-refractivity contribution < 1.29 is 23.8 Å². The second-order valence-corrected chi connectivity index (χ2v) is 4.75. The molecule has 0 aliphatic heterocycles. The third kappa shape index (κ3) is 3.60. The maximum Gasteiger partial charge on any atom is 0.394 e. The highest BCUT2D eigenvalue weighted by Gasteiger charge is 2.14. The molecule has 0 aliphatic carbocycles. The van der Waals surface area contributed by atoms with Crippen LogP contribution in [-0.2, 0) is 9.59 Å². The molecule has 0 saturated carbocycles. The predicted octanol–water partition coefficient (Wildman–Crippen LogP) is 3.26. The Labute approximate surface area is 126 Å². The number of hydrogen-bond acceptors (Lipinski definition) is 3. The minimum Gasteiger partial charge on any atom is -0.474 e. The first-order valence-electron chi connectivity index (χ1n) is 6.46. The van der Waals surface area contributed by atoms with Gasteiger partial charge in [0.15, 0.2) is 0 Å². The van der Waals surface area contributed by atoms with Gasteiger partial charge in [-0.15, -0.1) is 0 Å². The Hall–Kier alpha value is -2.89. The van der Waals surface area contributed by atoms with Crippen LogP contribution in [0.4, 0.5) is 10.1 Å². The van der Waals surface area contributed by atoms with Crippen LogP contribution in [0.5, 0.6) is 11.5 Å². The molecule has 5 nitrogen and oxygen atoms in total. The lowest BCUT2D eigenvalue weighted by Crippen LogP contribution is -2.21. The number of aliphatic carboxylic acids is 1. The average Bonchev–Trinajstić information content (AvgIpc) is 2.44. The van der Waals surface area contributed by atoms with E-state index in [1.54, 1.807) is 26.0 Å². The number of aryl methyl sites for hydroxylation is 2. The molecule has 114 valence electrons. The van der Waals surface area contributed by atoms with Crippen LogP contribution >= 0.6 is 0 Å². The normalized spacial score (nSPS) is 10.1. The number of rotatable bonds is 3. The van der Waals surface area contributed by atoms with Gasteiger partial charge in [0.25, 0.3) is 0 Å². The van der Waals surface area contributed by atoms with Crippen molar-refractivity contribution in [1.82, 2.24) is 0 Å². The lowest BCUT2D eigenvalue weighted by atomic mass is 10.1. The van der Waals surface area contributed by atoms with Crippen molar-refractivity contribution in [3.8, 4) is 11.5 Å². The number of ether oxygens (including phenoxy) is 1. The third-order valence-corrected chi connectivity index (χ3v) is 2.95. The highest BCUT2D eigenvalue weighted by atomic mass is 19.1. The maximum atomic E-state index is 12.9.